The lowest BCUT2D eigenvalue weighted by Gasteiger charge is -2.00. The lowest BCUT2D eigenvalue weighted by atomic mass is 10.1. The van der Waals surface area contributed by atoms with Gasteiger partial charge in [0.2, 0.25) is 0 Å². The minimum atomic E-state index is -0.933. The number of aromatic nitrogens is 3. The maximum absolute atomic E-state index is 11.2. The average molecular weight is 289 g/mol. The predicted octanol–water partition coefficient (Wildman–Crippen LogP) is 3.48. The molecule has 22 heavy (non-hydrogen) atoms. The number of nitrogens with zero attached hydrogens (tertiary/aromatic N) is 2. The zero-order valence-corrected chi connectivity index (χ0v) is 11.4. The Kier molecular flexibility index (Phi) is 2.66. The van der Waals surface area contributed by atoms with Crippen molar-refractivity contribution in [2.45, 2.75) is 0 Å². The third-order valence-electron chi connectivity index (χ3n) is 3.69. The van der Waals surface area contributed by atoms with Crippen molar-refractivity contribution < 1.29 is 9.90 Å². The van der Waals surface area contributed by atoms with Crippen molar-refractivity contribution in [3.8, 4) is 11.3 Å². The molecule has 4 rings (SSSR count). The van der Waals surface area contributed by atoms with E-state index < -0.39 is 5.97 Å². The number of aromatic carboxylic acids is 1. The van der Waals surface area contributed by atoms with Gasteiger partial charge in [-0.3, -0.25) is 9.97 Å². The van der Waals surface area contributed by atoms with Crippen molar-refractivity contribution in [2.75, 3.05) is 0 Å². The molecule has 106 valence electrons. The summed E-state index contributed by atoms with van der Waals surface area (Å²) >= 11 is 0. The van der Waals surface area contributed by atoms with E-state index in [9.17, 15) is 4.79 Å². The molecule has 0 unspecified atom stereocenters. The van der Waals surface area contributed by atoms with Gasteiger partial charge >= 0.3 is 5.97 Å². The van der Waals surface area contributed by atoms with Gasteiger partial charge in [0, 0.05) is 34.2 Å². The van der Waals surface area contributed by atoms with Gasteiger partial charge in [-0.1, -0.05) is 0 Å². The van der Waals surface area contributed by atoms with Crippen molar-refractivity contribution in [3.63, 3.8) is 0 Å². The number of aromatic amines is 1. The SMILES string of the molecule is O=C(O)c1ccc2[nH]c3cnc(-c4cccnc4)cc3c2c1. The lowest BCUT2D eigenvalue weighted by Crippen LogP contribution is -1.94. The summed E-state index contributed by atoms with van der Waals surface area (Å²) in [6.07, 6.45) is 5.23. The summed E-state index contributed by atoms with van der Waals surface area (Å²) in [5.74, 6) is -0.933. The summed E-state index contributed by atoms with van der Waals surface area (Å²) in [5, 5.41) is 11.0. The second kappa shape index (κ2) is 4.66. The van der Waals surface area contributed by atoms with Gasteiger partial charge in [0.15, 0.2) is 0 Å². The molecular formula is C17H11N3O2. The highest BCUT2D eigenvalue weighted by atomic mass is 16.4. The molecule has 0 aliphatic heterocycles. The minimum absolute atomic E-state index is 0.271. The Morgan fingerprint density at radius 3 is 2.68 bits per heavy atom. The molecule has 4 aromatic rings. The normalized spacial score (nSPS) is 11.1. The maximum atomic E-state index is 11.2. The average Bonchev–Trinajstić information content (AvgIpc) is 2.92. The monoisotopic (exact) mass is 289 g/mol. The highest BCUT2D eigenvalue weighted by molar-refractivity contribution is 6.09. The molecule has 0 saturated heterocycles. The molecule has 5 nitrogen and oxygen atoms in total. The first-order valence-corrected chi connectivity index (χ1v) is 6.77. The van der Waals surface area contributed by atoms with Crippen LogP contribution in [0.4, 0.5) is 0 Å². The topological polar surface area (TPSA) is 78.9 Å². The molecule has 0 bridgehead atoms. The molecule has 3 heterocycles. The zero-order chi connectivity index (χ0) is 15.1. The number of H-pyrrole nitrogens is 1. The van der Waals surface area contributed by atoms with Crippen molar-refractivity contribution in [3.05, 3.63) is 60.6 Å². The van der Waals surface area contributed by atoms with E-state index in [1.165, 1.54) is 0 Å². The molecule has 0 aliphatic carbocycles. The summed E-state index contributed by atoms with van der Waals surface area (Å²) in [6.45, 7) is 0. The first kappa shape index (κ1) is 12.5. The van der Waals surface area contributed by atoms with Crippen LogP contribution in [0.2, 0.25) is 0 Å². The fourth-order valence-corrected chi connectivity index (χ4v) is 2.60. The quantitative estimate of drug-likeness (QED) is 0.592. The van der Waals surface area contributed by atoms with E-state index in [1.807, 2.05) is 18.2 Å². The number of pyridine rings is 2. The summed E-state index contributed by atoms with van der Waals surface area (Å²) in [4.78, 5) is 23.0. The van der Waals surface area contributed by atoms with Gasteiger partial charge in [-0.2, -0.15) is 0 Å². The van der Waals surface area contributed by atoms with E-state index in [0.29, 0.717) is 0 Å². The third-order valence-corrected chi connectivity index (χ3v) is 3.69. The molecule has 5 heteroatoms. The van der Waals surface area contributed by atoms with Gasteiger partial charge in [-0.05, 0) is 36.4 Å². The first-order chi connectivity index (χ1) is 10.7. The van der Waals surface area contributed by atoms with Gasteiger partial charge < -0.3 is 10.1 Å². The van der Waals surface area contributed by atoms with Crippen molar-refractivity contribution in [2.24, 2.45) is 0 Å². The molecular weight excluding hydrogens is 278 g/mol. The largest absolute Gasteiger partial charge is 0.478 e. The molecule has 0 amide bonds. The number of carboxylic acid groups (broad SMARTS) is 1. The van der Waals surface area contributed by atoms with Crippen molar-refractivity contribution in [1.29, 1.82) is 0 Å². The van der Waals surface area contributed by atoms with Crippen LogP contribution in [0, 0.1) is 0 Å². The van der Waals surface area contributed by atoms with E-state index in [-0.39, 0.29) is 5.56 Å². The number of carboxylic acids is 1. The molecule has 0 radical (unpaired) electrons. The lowest BCUT2D eigenvalue weighted by molar-refractivity contribution is 0.0697. The van der Waals surface area contributed by atoms with E-state index in [4.69, 9.17) is 5.11 Å². The number of hydrogen-bond acceptors (Lipinski definition) is 3. The number of benzene rings is 1. The Bertz CT molecular complexity index is 1010. The number of fused-ring (bicyclic) bond motifs is 3. The van der Waals surface area contributed by atoms with Crippen LogP contribution in [0.15, 0.2) is 55.0 Å². The van der Waals surface area contributed by atoms with Gasteiger partial charge in [0.05, 0.1) is 23.0 Å². The molecule has 0 spiro atoms. The Hall–Kier alpha value is -3.21. The smallest absolute Gasteiger partial charge is 0.335 e. The number of hydrogen-bond donors (Lipinski definition) is 2. The van der Waals surface area contributed by atoms with E-state index in [0.717, 1.165) is 33.1 Å². The summed E-state index contributed by atoms with van der Waals surface area (Å²) in [7, 11) is 0. The standard InChI is InChI=1S/C17H11N3O2/c21-17(22)10-3-4-14-12(6-10)13-7-15(19-9-16(13)20-14)11-2-1-5-18-8-11/h1-9,20H,(H,21,22). The van der Waals surface area contributed by atoms with Gasteiger partial charge in [0.25, 0.3) is 0 Å². The van der Waals surface area contributed by atoms with Crippen LogP contribution in [-0.4, -0.2) is 26.0 Å². The predicted molar refractivity (Wildman–Crippen MR) is 83.8 cm³/mol. The molecule has 0 atom stereocenters. The highest BCUT2D eigenvalue weighted by Crippen LogP contribution is 2.29. The van der Waals surface area contributed by atoms with E-state index >= 15 is 0 Å². The first-order valence-electron chi connectivity index (χ1n) is 6.77. The second-order valence-electron chi connectivity index (χ2n) is 5.05. The van der Waals surface area contributed by atoms with Gasteiger partial charge in [-0.25, -0.2) is 4.79 Å². The van der Waals surface area contributed by atoms with Crippen LogP contribution in [0.25, 0.3) is 33.1 Å². The number of nitrogens with one attached hydrogen (secondary N) is 1. The van der Waals surface area contributed by atoms with Crippen LogP contribution >= 0.6 is 0 Å². The van der Waals surface area contributed by atoms with Crippen LogP contribution in [0.5, 0.6) is 0 Å². The molecule has 1 aromatic carbocycles. The molecule has 0 fully saturated rings. The molecule has 3 aromatic heterocycles. The molecule has 0 aliphatic rings. The Morgan fingerprint density at radius 1 is 1.05 bits per heavy atom. The summed E-state index contributed by atoms with van der Waals surface area (Å²) in [5.41, 5.74) is 3.78. The fourth-order valence-electron chi connectivity index (χ4n) is 2.60. The zero-order valence-electron chi connectivity index (χ0n) is 11.4. The number of carbonyl (C=O) groups is 1. The van der Waals surface area contributed by atoms with E-state index in [1.54, 1.807) is 36.8 Å². The van der Waals surface area contributed by atoms with Gasteiger partial charge in [0.1, 0.15) is 0 Å². The van der Waals surface area contributed by atoms with E-state index in [2.05, 4.69) is 15.0 Å². The second-order valence-corrected chi connectivity index (χ2v) is 5.05. The molecule has 2 N–H and O–H groups in total. The van der Waals surface area contributed by atoms with Crippen LogP contribution < -0.4 is 0 Å². The van der Waals surface area contributed by atoms with Crippen LogP contribution in [0.3, 0.4) is 0 Å². The Balaban J connectivity index is 1.99. The number of rotatable bonds is 2. The molecule has 0 saturated carbocycles. The summed E-state index contributed by atoms with van der Waals surface area (Å²) in [6, 6.07) is 10.8. The van der Waals surface area contributed by atoms with Crippen LogP contribution in [0.1, 0.15) is 10.4 Å². The Morgan fingerprint density at radius 2 is 1.91 bits per heavy atom. The van der Waals surface area contributed by atoms with Gasteiger partial charge in [-0.15, -0.1) is 0 Å². The van der Waals surface area contributed by atoms with Crippen molar-refractivity contribution in [1.82, 2.24) is 15.0 Å². The minimum Gasteiger partial charge on any atom is -0.478 e. The third kappa shape index (κ3) is 1.91. The maximum Gasteiger partial charge on any atom is 0.335 e. The summed E-state index contributed by atoms with van der Waals surface area (Å²) < 4.78 is 0. The fraction of sp³-hybridized carbons (Fsp3) is 0. The van der Waals surface area contributed by atoms with Crippen LogP contribution in [-0.2, 0) is 0 Å². The highest BCUT2D eigenvalue weighted by Gasteiger charge is 2.10. The Labute approximate surface area is 125 Å². The van der Waals surface area contributed by atoms with Crippen molar-refractivity contribution >= 4 is 27.8 Å².